The first-order chi connectivity index (χ1) is 17.6. The molecule has 3 aliphatic heterocycles. The number of amides is 2. The van der Waals surface area contributed by atoms with E-state index in [2.05, 4.69) is 9.80 Å². The minimum atomic E-state index is -0.296. The lowest BCUT2D eigenvalue weighted by molar-refractivity contribution is -0.136. The highest BCUT2D eigenvalue weighted by Crippen LogP contribution is 2.34. The van der Waals surface area contributed by atoms with Gasteiger partial charge in [0, 0.05) is 51.1 Å². The SMILES string of the molecule is O=C(CN1CCN(CC(=O)N2N=C(c3cc4ccccc4o3)CC2c2ccco2)CC1)N1CCCC1. The maximum absolute atomic E-state index is 13.4. The molecule has 0 aliphatic carbocycles. The van der Waals surface area contributed by atoms with Gasteiger partial charge in [-0.3, -0.25) is 19.4 Å². The highest BCUT2D eigenvalue weighted by Gasteiger charge is 2.37. The fraction of sp³-hybridized carbons (Fsp3) is 0.444. The van der Waals surface area contributed by atoms with E-state index in [1.54, 1.807) is 11.3 Å². The molecule has 2 fully saturated rings. The maximum atomic E-state index is 13.4. The number of carbonyl (C=O) groups is 2. The predicted octanol–water partition coefficient (Wildman–Crippen LogP) is 2.94. The smallest absolute Gasteiger partial charge is 0.257 e. The van der Waals surface area contributed by atoms with Gasteiger partial charge >= 0.3 is 0 Å². The van der Waals surface area contributed by atoms with E-state index in [0.29, 0.717) is 24.5 Å². The number of carbonyl (C=O) groups excluding carboxylic acids is 2. The molecule has 0 bridgehead atoms. The van der Waals surface area contributed by atoms with Crippen molar-refractivity contribution in [1.29, 1.82) is 0 Å². The quantitative estimate of drug-likeness (QED) is 0.529. The molecule has 2 saturated heterocycles. The molecule has 1 aromatic carbocycles. The van der Waals surface area contributed by atoms with Gasteiger partial charge in [0.1, 0.15) is 23.1 Å². The van der Waals surface area contributed by atoms with Gasteiger partial charge in [-0.15, -0.1) is 0 Å². The van der Waals surface area contributed by atoms with Gasteiger partial charge in [0.05, 0.1) is 19.4 Å². The van der Waals surface area contributed by atoms with Crippen molar-refractivity contribution in [2.45, 2.75) is 25.3 Å². The fourth-order valence-electron chi connectivity index (χ4n) is 5.34. The zero-order valence-corrected chi connectivity index (χ0v) is 20.3. The molecule has 2 amide bonds. The van der Waals surface area contributed by atoms with Crippen molar-refractivity contribution >= 4 is 28.5 Å². The Morgan fingerprint density at radius 2 is 1.61 bits per heavy atom. The van der Waals surface area contributed by atoms with Crippen LogP contribution in [0.1, 0.15) is 36.8 Å². The van der Waals surface area contributed by atoms with Crippen LogP contribution in [0.15, 0.2) is 62.7 Å². The monoisotopic (exact) mass is 489 g/mol. The third-order valence-corrected chi connectivity index (χ3v) is 7.39. The van der Waals surface area contributed by atoms with Gasteiger partial charge in [0.15, 0.2) is 5.76 Å². The first kappa shape index (κ1) is 23.0. The predicted molar refractivity (Wildman–Crippen MR) is 134 cm³/mol. The second-order valence-corrected chi connectivity index (χ2v) is 9.81. The van der Waals surface area contributed by atoms with E-state index in [1.165, 1.54) is 0 Å². The molecule has 3 aliphatic rings. The molecule has 9 nitrogen and oxygen atoms in total. The van der Waals surface area contributed by atoms with Gasteiger partial charge in [-0.1, -0.05) is 18.2 Å². The molecule has 5 heterocycles. The summed E-state index contributed by atoms with van der Waals surface area (Å²) in [6.07, 6.45) is 4.38. The van der Waals surface area contributed by atoms with E-state index in [0.717, 1.165) is 68.8 Å². The van der Waals surface area contributed by atoms with E-state index < -0.39 is 0 Å². The molecule has 6 rings (SSSR count). The summed E-state index contributed by atoms with van der Waals surface area (Å²) in [4.78, 5) is 32.2. The number of fused-ring (bicyclic) bond motifs is 1. The Kier molecular flexibility index (Phi) is 6.33. The normalized spacial score (nSPS) is 21.4. The first-order valence-electron chi connectivity index (χ1n) is 12.8. The number of piperazine rings is 1. The Balaban J connectivity index is 1.11. The van der Waals surface area contributed by atoms with E-state index in [9.17, 15) is 9.59 Å². The zero-order chi connectivity index (χ0) is 24.5. The van der Waals surface area contributed by atoms with Crippen molar-refractivity contribution in [2.24, 2.45) is 5.10 Å². The summed E-state index contributed by atoms with van der Waals surface area (Å²) < 4.78 is 11.7. The van der Waals surface area contributed by atoms with Crippen molar-refractivity contribution in [1.82, 2.24) is 19.7 Å². The van der Waals surface area contributed by atoms with Crippen LogP contribution in [-0.2, 0) is 9.59 Å². The van der Waals surface area contributed by atoms with E-state index in [-0.39, 0.29) is 24.4 Å². The molecule has 0 spiro atoms. The van der Waals surface area contributed by atoms with Crippen LogP contribution < -0.4 is 0 Å². The molecule has 36 heavy (non-hydrogen) atoms. The van der Waals surface area contributed by atoms with Crippen LogP contribution in [0.3, 0.4) is 0 Å². The van der Waals surface area contributed by atoms with Crippen LogP contribution in [0.25, 0.3) is 11.0 Å². The second kappa shape index (κ2) is 9.91. The molecule has 1 unspecified atom stereocenters. The summed E-state index contributed by atoms with van der Waals surface area (Å²) in [7, 11) is 0. The summed E-state index contributed by atoms with van der Waals surface area (Å²) in [5.74, 6) is 1.55. The summed E-state index contributed by atoms with van der Waals surface area (Å²) in [6, 6.07) is 13.2. The molecule has 1 atom stereocenters. The van der Waals surface area contributed by atoms with Crippen LogP contribution in [0.2, 0.25) is 0 Å². The molecule has 3 aromatic rings. The lowest BCUT2D eigenvalue weighted by atomic mass is 10.1. The van der Waals surface area contributed by atoms with Crippen molar-refractivity contribution in [2.75, 3.05) is 52.4 Å². The Morgan fingerprint density at radius 3 is 2.31 bits per heavy atom. The number of rotatable bonds is 6. The van der Waals surface area contributed by atoms with Crippen molar-refractivity contribution in [3.63, 3.8) is 0 Å². The highest BCUT2D eigenvalue weighted by molar-refractivity contribution is 6.03. The molecular formula is C27H31N5O4. The summed E-state index contributed by atoms with van der Waals surface area (Å²) in [6.45, 7) is 5.58. The number of furan rings is 2. The van der Waals surface area contributed by atoms with Gasteiger partial charge in [-0.05, 0) is 37.1 Å². The molecular weight excluding hydrogens is 458 g/mol. The number of nitrogens with zero attached hydrogens (tertiary/aromatic N) is 5. The molecule has 188 valence electrons. The number of para-hydroxylation sites is 1. The number of hydrazone groups is 1. The van der Waals surface area contributed by atoms with Crippen LogP contribution in [-0.4, -0.2) is 89.6 Å². The van der Waals surface area contributed by atoms with Gasteiger partial charge in [0.2, 0.25) is 5.91 Å². The first-order valence-corrected chi connectivity index (χ1v) is 12.8. The summed E-state index contributed by atoms with van der Waals surface area (Å²) >= 11 is 0. The lowest BCUT2D eigenvalue weighted by Gasteiger charge is -2.35. The van der Waals surface area contributed by atoms with Crippen molar-refractivity contribution < 1.29 is 18.4 Å². The zero-order valence-electron chi connectivity index (χ0n) is 20.3. The second-order valence-electron chi connectivity index (χ2n) is 9.81. The molecule has 0 radical (unpaired) electrons. The van der Waals surface area contributed by atoms with Crippen LogP contribution >= 0.6 is 0 Å². The number of hydrogen-bond acceptors (Lipinski definition) is 7. The lowest BCUT2D eigenvalue weighted by Crippen LogP contribution is -2.51. The Morgan fingerprint density at radius 1 is 0.889 bits per heavy atom. The van der Waals surface area contributed by atoms with Gasteiger partial charge in [-0.25, -0.2) is 5.01 Å². The number of benzene rings is 1. The molecule has 9 heteroatoms. The standard InChI is InChI=1S/C27H31N5O4/c33-26(31-9-3-4-10-31)18-29-11-13-30(14-12-29)19-27(34)32-22(24-8-5-15-35-24)17-21(28-32)25-16-20-6-1-2-7-23(20)36-25/h1-2,5-8,15-16,22H,3-4,9-14,17-19H2. The van der Waals surface area contributed by atoms with Gasteiger partial charge in [0.25, 0.3) is 5.91 Å². The minimum Gasteiger partial charge on any atom is -0.467 e. The Hall–Kier alpha value is -3.43. The van der Waals surface area contributed by atoms with Gasteiger partial charge < -0.3 is 13.7 Å². The third-order valence-electron chi connectivity index (χ3n) is 7.39. The highest BCUT2D eigenvalue weighted by atomic mass is 16.3. The Labute approximate surface area is 209 Å². The largest absolute Gasteiger partial charge is 0.467 e. The maximum Gasteiger partial charge on any atom is 0.257 e. The minimum absolute atomic E-state index is 0.0656. The number of likely N-dealkylation sites (tertiary alicyclic amines) is 1. The average molecular weight is 490 g/mol. The van der Waals surface area contributed by atoms with E-state index in [1.807, 2.05) is 47.4 Å². The third kappa shape index (κ3) is 4.68. The summed E-state index contributed by atoms with van der Waals surface area (Å²) in [5, 5.41) is 7.28. The van der Waals surface area contributed by atoms with Crippen LogP contribution in [0.4, 0.5) is 0 Å². The summed E-state index contributed by atoms with van der Waals surface area (Å²) in [5.41, 5.74) is 1.54. The molecule has 0 saturated carbocycles. The van der Waals surface area contributed by atoms with Gasteiger partial charge in [-0.2, -0.15) is 5.10 Å². The van der Waals surface area contributed by atoms with E-state index in [4.69, 9.17) is 13.9 Å². The average Bonchev–Trinajstić information content (AvgIpc) is 3.69. The number of hydrogen-bond donors (Lipinski definition) is 0. The van der Waals surface area contributed by atoms with Crippen molar-refractivity contribution in [3.05, 3.63) is 60.2 Å². The Bertz CT molecular complexity index is 1220. The fourth-order valence-corrected chi connectivity index (χ4v) is 5.34. The van der Waals surface area contributed by atoms with Crippen molar-refractivity contribution in [3.8, 4) is 0 Å². The molecule has 2 aromatic heterocycles. The topological polar surface area (TPSA) is 85.7 Å². The molecule has 0 N–H and O–H groups in total. The van der Waals surface area contributed by atoms with Crippen LogP contribution in [0, 0.1) is 0 Å². The van der Waals surface area contributed by atoms with Crippen LogP contribution in [0.5, 0.6) is 0 Å². The van der Waals surface area contributed by atoms with E-state index >= 15 is 0 Å².